The topological polar surface area (TPSA) is 23.8 Å². The largest absolute Gasteiger partial charge is 0.197 e. The van der Waals surface area contributed by atoms with Crippen molar-refractivity contribution in [2.24, 2.45) is 0 Å². The van der Waals surface area contributed by atoms with Gasteiger partial charge < -0.3 is 0 Å². The molecular weight excluding hydrogens is 238 g/mol. The van der Waals surface area contributed by atoms with Crippen LogP contribution in [-0.4, -0.2) is 4.83 Å². The van der Waals surface area contributed by atoms with Crippen LogP contribution in [0.2, 0.25) is 0 Å². The van der Waals surface area contributed by atoms with Crippen LogP contribution in [0.15, 0.2) is 24.3 Å². The van der Waals surface area contributed by atoms with Crippen molar-refractivity contribution >= 4 is 15.9 Å². The Morgan fingerprint density at radius 3 is 2.29 bits per heavy atom. The third-order valence-electron chi connectivity index (χ3n) is 2.20. The summed E-state index contributed by atoms with van der Waals surface area (Å²) < 4.78 is 0. The molecule has 0 aliphatic heterocycles. The first-order chi connectivity index (χ1) is 6.63. The predicted molar refractivity (Wildman–Crippen MR) is 62.6 cm³/mol. The molecule has 1 nitrogen and oxygen atoms in total. The molecule has 1 aromatic carbocycles. The highest BCUT2D eigenvalue weighted by Crippen LogP contribution is 2.16. The van der Waals surface area contributed by atoms with E-state index in [0.717, 1.165) is 6.42 Å². The number of nitrogens with zero attached hydrogens (tertiary/aromatic N) is 1. The molecule has 1 aromatic rings. The summed E-state index contributed by atoms with van der Waals surface area (Å²) in [5.74, 6) is 0.569. The van der Waals surface area contributed by atoms with Crippen molar-refractivity contribution in [3.05, 3.63) is 35.4 Å². The maximum absolute atomic E-state index is 8.64. The fraction of sp³-hybridized carbons (Fsp3) is 0.417. The van der Waals surface area contributed by atoms with Crippen LogP contribution in [0.5, 0.6) is 0 Å². The van der Waals surface area contributed by atoms with Gasteiger partial charge >= 0.3 is 0 Å². The maximum atomic E-state index is 8.64. The molecule has 0 aromatic heterocycles. The molecule has 2 heteroatoms. The fourth-order valence-electron chi connectivity index (χ4n) is 1.29. The molecule has 0 aliphatic rings. The zero-order chi connectivity index (χ0) is 10.6. The Balaban J connectivity index is 2.70. The number of hydrogen-bond acceptors (Lipinski definition) is 1. The summed E-state index contributed by atoms with van der Waals surface area (Å²) in [6.45, 7) is 4.36. The van der Waals surface area contributed by atoms with Gasteiger partial charge in [0, 0.05) is 0 Å². The van der Waals surface area contributed by atoms with Crippen LogP contribution in [0.3, 0.4) is 0 Å². The summed E-state index contributed by atoms with van der Waals surface area (Å²) in [5, 5.41) is 8.64. The third-order valence-corrected chi connectivity index (χ3v) is 2.73. The van der Waals surface area contributed by atoms with Gasteiger partial charge in [0.25, 0.3) is 0 Å². The van der Waals surface area contributed by atoms with Crippen molar-refractivity contribution < 1.29 is 0 Å². The van der Waals surface area contributed by atoms with Crippen molar-refractivity contribution in [2.45, 2.75) is 31.0 Å². The lowest BCUT2D eigenvalue weighted by molar-refractivity contribution is 0.864. The van der Waals surface area contributed by atoms with Crippen LogP contribution in [0.1, 0.15) is 30.9 Å². The van der Waals surface area contributed by atoms with Crippen LogP contribution in [0, 0.1) is 11.3 Å². The van der Waals surface area contributed by atoms with Crippen molar-refractivity contribution in [1.82, 2.24) is 0 Å². The van der Waals surface area contributed by atoms with Gasteiger partial charge in [0.1, 0.15) is 4.83 Å². The summed E-state index contributed by atoms with van der Waals surface area (Å²) in [6, 6.07) is 10.6. The second-order valence-corrected chi connectivity index (χ2v) is 4.80. The summed E-state index contributed by atoms with van der Waals surface area (Å²) in [5.41, 5.74) is 2.55. The normalized spacial score (nSPS) is 12.5. The molecule has 74 valence electrons. The Bertz CT molecular complexity index is 321. The lowest BCUT2D eigenvalue weighted by Gasteiger charge is -2.06. The molecule has 0 spiro atoms. The molecule has 0 saturated heterocycles. The van der Waals surface area contributed by atoms with Crippen LogP contribution in [-0.2, 0) is 6.42 Å². The Hall–Kier alpha value is -0.810. The number of rotatable bonds is 3. The van der Waals surface area contributed by atoms with Crippen LogP contribution >= 0.6 is 15.9 Å². The van der Waals surface area contributed by atoms with Gasteiger partial charge in [-0.25, -0.2) is 0 Å². The average Bonchev–Trinajstić information content (AvgIpc) is 2.18. The van der Waals surface area contributed by atoms with Crippen molar-refractivity contribution in [2.75, 3.05) is 0 Å². The highest BCUT2D eigenvalue weighted by molar-refractivity contribution is 9.09. The molecule has 0 fully saturated rings. The Labute approximate surface area is 93.9 Å². The number of nitriles is 1. The van der Waals surface area contributed by atoms with E-state index in [0.29, 0.717) is 5.92 Å². The number of hydrogen-bond donors (Lipinski definition) is 0. The molecule has 0 radical (unpaired) electrons. The zero-order valence-corrected chi connectivity index (χ0v) is 10.1. The standard InChI is InChI=1S/C12H14BrN/c1-9(2)11-5-3-10(4-6-11)7-12(13)8-14/h3-6,9,12H,7H2,1-2H3. The maximum Gasteiger partial charge on any atom is 0.105 e. The van der Waals surface area contributed by atoms with Gasteiger partial charge in [-0.2, -0.15) is 5.26 Å². The van der Waals surface area contributed by atoms with E-state index in [1.165, 1.54) is 11.1 Å². The summed E-state index contributed by atoms with van der Waals surface area (Å²) >= 11 is 3.30. The van der Waals surface area contributed by atoms with Gasteiger partial charge in [0.15, 0.2) is 0 Å². The zero-order valence-electron chi connectivity index (χ0n) is 8.50. The summed E-state index contributed by atoms with van der Waals surface area (Å²) in [6.07, 6.45) is 0.773. The van der Waals surface area contributed by atoms with Gasteiger partial charge in [-0.15, -0.1) is 0 Å². The molecule has 14 heavy (non-hydrogen) atoms. The van der Waals surface area contributed by atoms with E-state index in [9.17, 15) is 0 Å². The van der Waals surface area contributed by atoms with Gasteiger partial charge in [0.05, 0.1) is 6.07 Å². The van der Waals surface area contributed by atoms with Crippen LogP contribution in [0.25, 0.3) is 0 Å². The molecular formula is C12H14BrN. The SMILES string of the molecule is CC(C)c1ccc(CC(Br)C#N)cc1. The Morgan fingerprint density at radius 2 is 1.86 bits per heavy atom. The van der Waals surface area contributed by atoms with Gasteiger partial charge in [-0.3, -0.25) is 0 Å². The molecule has 0 bridgehead atoms. The predicted octanol–water partition coefficient (Wildman–Crippen LogP) is 3.64. The molecule has 0 N–H and O–H groups in total. The monoisotopic (exact) mass is 251 g/mol. The third kappa shape index (κ3) is 3.16. The van der Waals surface area contributed by atoms with Crippen molar-refractivity contribution in [3.63, 3.8) is 0 Å². The highest BCUT2D eigenvalue weighted by Gasteiger charge is 2.04. The number of halogens is 1. The van der Waals surface area contributed by atoms with Crippen LogP contribution in [0.4, 0.5) is 0 Å². The molecule has 0 aliphatic carbocycles. The van der Waals surface area contributed by atoms with E-state index in [4.69, 9.17) is 5.26 Å². The number of benzene rings is 1. The van der Waals surface area contributed by atoms with Crippen molar-refractivity contribution in [1.29, 1.82) is 5.26 Å². The fourth-order valence-corrected chi connectivity index (χ4v) is 1.67. The first-order valence-electron chi connectivity index (χ1n) is 4.76. The minimum absolute atomic E-state index is 0.0765. The minimum Gasteiger partial charge on any atom is -0.197 e. The van der Waals surface area contributed by atoms with E-state index in [-0.39, 0.29) is 4.83 Å². The van der Waals surface area contributed by atoms with Crippen molar-refractivity contribution in [3.8, 4) is 6.07 Å². The second-order valence-electron chi connectivity index (χ2n) is 3.70. The average molecular weight is 252 g/mol. The highest BCUT2D eigenvalue weighted by atomic mass is 79.9. The van der Waals surface area contributed by atoms with E-state index < -0.39 is 0 Å². The first kappa shape index (κ1) is 11.3. The molecule has 1 rings (SSSR count). The lowest BCUT2D eigenvalue weighted by atomic mass is 10.0. The first-order valence-corrected chi connectivity index (χ1v) is 5.67. The summed E-state index contributed by atoms with van der Waals surface area (Å²) in [4.78, 5) is -0.0765. The lowest BCUT2D eigenvalue weighted by Crippen LogP contribution is -1.99. The Kier molecular flexibility index (Phi) is 4.16. The van der Waals surface area contributed by atoms with Gasteiger partial charge in [0.2, 0.25) is 0 Å². The van der Waals surface area contributed by atoms with Crippen LogP contribution < -0.4 is 0 Å². The molecule has 0 heterocycles. The smallest absolute Gasteiger partial charge is 0.105 e. The van der Waals surface area contributed by atoms with E-state index in [1.54, 1.807) is 0 Å². The Morgan fingerprint density at radius 1 is 1.29 bits per heavy atom. The minimum atomic E-state index is -0.0765. The molecule has 1 unspecified atom stereocenters. The van der Waals surface area contributed by atoms with Gasteiger partial charge in [-0.1, -0.05) is 54.0 Å². The van der Waals surface area contributed by atoms with E-state index in [1.807, 2.05) is 0 Å². The molecule has 1 atom stereocenters. The number of alkyl halides is 1. The van der Waals surface area contributed by atoms with Gasteiger partial charge in [-0.05, 0) is 23.5 Å². The quantitative estimate of drug-likeness (QED) is 0.753. The molecule has 0 amide bonds. The molecule has 0 saturated carbocycles. The summed E-state index contributed by atoms with van der Waals surface area (Å²) in [7, 11) is 0. The van der Waals surface area contributed by atoms with E-state index >= 15 is 0 Å². The van der Waals surface area contributed by atoms with E-state index in [2.05, 4.69) is 60.1 Å². The second kappa shape index (κ2) is 5.17.